The van der Waals surface area contributed by atoms with Crippen LogP contribution in [0.3, 0.4) is 0 Å². The molecule has 3 heteroatoms. The van der Waals surface area contributed by atoms with E-state index in [2.05, 4.69) is 6.92 Å². The van der Waals surface area contributed by atoms with Crippen LogP contribution < -0.4 is 0 Å². The minimum Gasteiger partial charge on any atom is -0.259 e. The van der Waals surface area contributed by atoms with Gasteiger partial charge in [0.1, 0.15) is 0 Å². The zero-order chi connectivity index (χ0) is 11.5. The second kappa shape index (κ2) is 5.86. The van der Waals surface area contributed by atoms with Gasteiger partial charge in [-0.3, -0.25) is 4.21 Å². The van der Waals surface area contributed by atoms with Crippen LogP contribution in [0, 0.1) is 5.92 Å². The molecule has 2 rings (SSSR count). The summed E-state index contributed by atoms with van der Waals surface area (Å²) in [6.07, 6.45) is 9.26. The number of rotatable bonds is 2. The second-order valence-corrected chi connectivity index (χ2v) is 8.19. The average Bonchev–Trinajstić information content (AvgIpc) is 2.30. The van der Waals surface area contributed by atoms with E-state index in [9.17, 15) is 4.21 Å². The van der Waals surface area contributed by atoms with Crippen LogP contribution in [0.5, 0.6) is 0 Å². The lowest BCUT2D eigenvalue weighted by atomic mass is 9.91. The Morgan fingerprint density at radius 3 is 1.81 bits per heavy atom. The highest BCUT2D eigenvalue weighted by Gasteiger charge is 2.30. The van der Waals surface area contributed by atoms with Crippen molar-refractivity contribution in [1.29, 1.82) is 0 Å². The molecule has 2 aliphatic carbocycles. The van der Waals surface area contributed by atoms with Crippen molar-refractivity contribution >= 4 is 22.4 Å². The van der Waals surface area contributed by atoms with Gasteiger partial charge in [-0.2, -0.15) is 0 Å². The molecule has 1 nitrogen and oxygen atoms in total. The van der Waals surface area contributed by atoms with Gasteiger partial charge in [0, 0.05) is 26.7 Å². The topological polar surface area (TPSA) is 17.1 Å². The quantitative estimate of drug-likeness (QED) is 0.691. The Morgan fingerprint density at radius 1 is 0.875 bits per heavy atom. The molecule has 0 heterocycles. The van der Waals surface area contributed by atoms with Crippen molar-refractivity contribution in [3.8, 4) is 0 Å². The van der Waals surface area contributed by atoms with E-state index in [1.165, 1.54) is 25.7 Å². The summed E-state index contributed by atoms with van der Waals surface area (Å²) in [5, 5.41) is 1.29. The van der Waals surface area contributed by atoms with Gasteiger partial charge < -0.3 is 0 Å². The highest BCUT2D eigenvalue weighted by Crippen LogP contribution is 2.33. The molecule has 0 radical (unpaired) electrons. The van der Waals surface area contributed by atoms with Gasteiger partial charge in [0.05, 0.1) is 0 Å². The summed E-state index contributed by atoms with van der Waals surface area (Å²) in [4.78, 5) is 0. The molecule has 0 N–H and O–H groups in total. The summed E-state index contributed by atoms with van der Waals surface area (Å²) in [6, 6.07) is 0. The van der Waals surface area contributed by atoms with E-state index in [1.807, 2.05) is 0 Å². The lowest BCUT2D eigenvalue weighted by Gasteiger charge is -2.31. The predicted octanol–water partition coefficient (Wildman–Crippen LogP) is 3.86. The fraction of sp³-hybridized carbons (Fsp3) is 1.00. The zero-order valence-electron chi connectivity index (χ0n) is 10.2. The molecule has 2 fully saturated rings. The van der Waals surface area contributed by atoms with Crippen molar-refractivity contribution in [2.75, 3.05) is 0 Å². The summed E-state index contributed by atoms with van der Waals surface area (Å²) in [6.45, 7) is 2.32. The standard InChI is InChI=1S/C13H23ClOS/c1-10-2-6-12(7-3-10)16(15)13-8-4-11(14)5-9-13/h10-13H,2-9H2,1H3. The molecule has 2 aliphatic rings. The molecule has 0 aromatic rings. The van der Waals surface area contributed by atoms with E-state index in [4.69, 9.17) is 11.6 Å². The highest BCUT2D eigenvalue weighted by atomic mass is 35.5. The van der Waals surface area contributed by atoms with E-state index in [1.54, 1.807) is 0 Å². The molecule has 1 unspecified atom stereocenters. The SMILES string of the molecule is CC1CCC(S(=O)C2CCC(Cl)CC2)CC1. The van der Waals surface area contributed by atoms with Gasteiger partial charge in [-0.05, 0) is 57.3 Å². The molecule has 0 spiro atoms. The highest BCUT2D eigenvalue weighted by molar-refractivity contribution is 7.86. The predicted molar refractivity (Wildman–Crippen MR) is 71.5 cm³/mol. The lowest BCUT2D eigenvalue weighted by molar-refractivity contribution is 0.385. The number of halogens is 1. The van der Waals surface area contributed by atoms with Crippen molar-refractivity contribution in [3.63, 3.8) is 0 Å². The van der Waals surface area contributed by atoms with Crippen LogP contribution in [-0.4, -0.2) is 20.1 Å². The molecule has 16 heavy (non-hydrogen) atoms. The summed E-state index contributed by atoms with van der Waals surface area (Å²) in [5.41, 5.74) is 0. The molecule has 0 aromatic heterocycles. The first-order chi connectivity index (χ1) is 7.66. The minimum atomic E-state index is -0.581. The van der Waals surface area contributed by atoms with Crippen LogP contribution in [0.1, 0.15) is 58.3 Å². The summed E-state index contributed by atoms with van der Waals surface area (Å²) in [5.74, 6) is 0.854. The Balaban J connectivity index is 1.83. The Labute approximate surface area is 107 Å². The second-order valence-electron chi connectivity index (χ2n) is 5.58. The molecule has 0 amide bonds. The van der Waals surface area contributed by atoms with Gasteiger partial charge in [-0.1, -0.05) is 6.92 Å². The van der Waals surface area contributed by atoms with Crippen LogP contribution >= 0.6 is 11.6 Å². The van der Waals surface area contributed by atoms with E-state index < -0.39 is 10.8 Å². The van der Waals surface area contributed by atoms with Crippen LogP contribution in [0.2, 0.25) is 0 Å². The molecule has 0 aromatic carbocycles. The van der Waals surface area contributed by atoms with Crippen LogP contribution in [0.15, 0.2) is 0 Å². The molecule has 0 aliphatic heterocycles. The normalized spacial score (nSPS) is 42.9. The maximum Gasteiger partial charge on any atom is 0.0351 e. The Hall–Kier alpha value is 0.440. The third-order valence-corrected chi connectivity index (χ3v) is 6.92. The smallest absolute Gasteiger partial charge is 0.0351 e. The van der Waals surface area contributed by atoms with Crippen molar-refractivity contribution in [2.24, 2.45) is 5.92 Å². The number of hydrogen-bond acceptors (Lipinski definition) is 1. The molecule has 0 bridgehead atoms. The first kappa shape index (κ1) is 12.9. The molecular weight excluding hydrogens is 240 g/mol. The summed E-state index contributed by atoms with van der Waals surface area (Å²) >= 11 is 6.09. The maximum atomic E-state index is 12.4. The van der Waals surface area contributed by atoms with Gasteiger partial charge in [0.25, 0.3) is 0 Å². The van der Waals surface area contributed by atoms with Crippen molar-refractivity contribution in [1.82, 2.24) is 0 Å². The van der Waals surface area contributed by atoms with Gasteiger partial charge >= 0.3 is 0 Å². The van der Waals surface area contributed by atoms with E-state index >= 15 is 0 Å². The van der Waals surface area contributed by atoms with Crippen molar-refractivity contribution < 1.29 is 4.21 Å². The van der Waals surface area contributed by atoms with E-state index in [0.717, 1.165) is 31.6 Å². The largest absolute Gasteiger partial charge is 0.259 e. The Kier molecular flexibility index (Phi) is 4.72. The first-order valence-electron chi connectivity index (χ1n) is 6.70. The minimum absolute atomic E-state index is 0.347. The molecule has 2 saturated carbocycles. The van der Waals surface area contributed by atoms with E-state index in [0.29, 0.717) is 15.9 Å². The molecular formula is C13H23ClOS. The van der Waals surface area contributed by atoms with Gasteiger partial charge in [0.2, 0.25) is 0 Å². The fourth-order valence-corrected chi connectivity index (χ4v) is 5.26. The number of alkyl halides is 1. The van der Waals surface area contributed by atoms with Gasteiger partial charge in [-0.25, -0.2) is 0 Å². The lowest BCUT2D eigenvalue weighted by Crippen LogP contribution is -2.32. The maximum absolute atomic E-state index is 12.4. The monoisotopic (exact) mass is 262 g/mol. The first-order valence-corrected chi connectivity index (χ1v) is 8.41. The Morgan fingerprint density at radius 2 is 1.31 bits per heavy atom. The third-order valence-electron chi connectivity index (χ3n) is 4.22. The Bertz CT molecular complexity index is 216. The molecule has 94 valence electrons. The van der Waals surface area contributed by atoms with Crippen LogP contribution in [-0.2, 0) is 10.8 Å². The average molecular weight is 263 g/mol. The van der Waals surface area contributed by atoms with Gasteiger partial charge in [0.15, 0.2) is 0 Å². The molecule has 1 atom stereocenters. The summed E-state index contributed by atoms with van der Waals surface area (Å²) < 4.78 is 12.4. The van der Waals surface area contributed by atoms with Gasteiger partial charge in [-0.15, -0.1) is 11.6 Å². The van der Waals surface area contributed by atoms with Crippen molar-refractivity contribution in [2.45, 2.75) is 74.2 Å². The number of hydrogen-bond donors (Lipinski definition) is 0. The van der Waals surface area contributed by atoms with Crippen LogP contribution in [0.25, 0.3) is 0 Å². The molecule has 0 saturated heterocycles. The fourth-order valence-electron chi connectivity index (χ4n) is 2.99. The van der Waals surface area contributed by atoms with Crippen LogP contribution in [0.4, 0.5) is 0 Å². The zero-order valence-corrected chi connectivity index (χ0v) is 11.7. The third kappa shape index (κ3) is 3.22. The van der Waals surface area contributed by atoms with E-state index in [-0.39, 0.29) is 0 Å². The van der Waals surface area contributed by atoms with Crippen molar-refractivity contribution in [3.05, 3.63) is 0 Å². The summed E-state index contributed by atoms with van der Waals surface area (Å²) in [7, 11) is -0.581.